The number of hydrogen-bond donors (Lipinski definition) is 3. The number of carbonyl (C=O) groups excluding carboxylic acids is 1. The Morgan fingerprint density at radius 1 is 0.758 bits per heavy atom. The summed E-state index contributed by atoms with van der Waals surface area (Å²) < 4.78 is 11.0. The number of aromatic amines is 2. The van der Waals surface area contributed by atoms with Gasteiger partial charge in [-0.2, -0.15) is 0 Å². The maximum Gasteiger partial charge on any atom is 0.244 e. The van der Waals surface area contributed by atoms with Crippen molar-refractivity contribution in [2.24, 2.45) is 0 Å². The molecule has 0 bridgehead atoms. The van der Waals surface area contributed by atoms with Gasteiger partial charge in [-0.15, -0.1) is 0 Å². The number of fused-ring (bicyclic) bond motifs is 3. The molecule has 1 aliphatic heterocycles. The number of rotatable bonds is 4. The van der Waals surface area contributed by atoms with Crippen LogP contribution in [-0.2, 0) is 10.2 Å². The first-order valence-electron chi connectivity index (χ1n) is 10.5. The molecule has 0 atom stereocenters. The van der Waals surface area contributed by atoms with E-state index in [-0.39, 0.29) is 5.91 Å². The van der Waals surface area contributed by atoms with Crippen LogP contribution in [0.1, 0.15) is 16.7 Å². The van der Waals surface area contributed by atoms with Gasteiger partial charge in [-0.05, 0) is 54.6 Å². The number of aromatic nitrogens is 2. The molecule has 1 amide bonds. The summed E-state index contributed by atoms with van der Waals surface area (Å²) in [5.74, 6) is 1.28. The zero-order chi connectivity index (χ0) is 22.7. The molecule has 3 aromatic carbocycles. The quantitative estimate of drug-likeness (QED) is 0.328. The molecule has 7 heteroatoms. The van der Waals surface area contributed by atoms with Gasteiger partial charge in [-0.3, -0.25) is 4.79 Å². The van der Waals surface area contributed by atoms with Crippen molar-refractivity contribution < 1.29 is 14.3 Å². The SMILES string of the molecule is COc1ccc2[nH]cc(C3(c4c[nH]c5ccc(OC)cc45)C(=O)Nc4ccc(Cl)cc43)c2c1. The van der Waals surface area contributed by atoms with E-state index in [1.807, 2.05) is 60.9 Å². The van der Waals surface area contributed by atoms with E-state index in [0.29, 0.717) is 16.5 Å². The molecular formula is C26H20ClN3O3. The second-order valence-corrected chi connectivity index (χ2v) is 8.56. The molecule has 2 aromatic heterocycles. The monoisotopic (exact) mass is 457 g/mol. The number of methoxy groups -OCH3 is 2. The molecule has 164 valence electrons. The number of amides is 1. The van der Waals surface area contributed by atoms with E-state index in [9.17, 15) is 4.79 Å². The van der Waals surface area contributed by atoms with Crippen molar-refractivity contribution in [1.29, 1.82) is 0 Å². The summed E-state index contributed by atoms with van der Waals surface area (Å²) in [6, 6.07) is 17.1. The third-order valence-electron chi connectivity index (χ3n) is 6.56. The smallest absolute Gasteiger partial charge is 0.244 e. The average molecular weight is 458 g/mol. The van der Waals surface area contributed by atoms with Crippen LogP contribution in [0.25, 0.3) is 21.8 Å². The minimum atomic E-state index is -1.14. The molecule has 0 fully saturated rings. The van der Waals surface area contributed by atoms with Crippen LogP contribution in [0.2, 0.25) is 5.02 Å². The molecule has 33 heavy (non-hydrogen) atoms. The molecule has 0 spiro atoms. The van der Waals surface area contributed by atoms with Crippen LogP contribution in [-0.4, -0.2) is 30.1 Å². The largest absolute Gasteiger partial charge is 0.497 e. The van der Waals surface area contributed by atoms with Crippen LogP contribution in [0.3, 0.4) is 0 Å². The Balaban J connectivity index is 1.77. The van der Waals surface area contributed by atoms with E-state index in [1.54, 1.807) is 20.3 Å². The first-order valence-corrected chi connectivity index (χ1v) is 10.9. The summed E-state index contributed by atoms with van der Waals surface area (Å²) in [6.45, 7) is 0. The minimum absolute atomic E-state index is 0.146. The van der Waals surface area contributed by atoms with Crippen molar-refractivity contribution in [2.75, 3.05) is 19.5 Å². The molecular weight excluding hydrogens is 438 g/mol. The molecule has 0 unspecified atom stereocenters. The predicted molar refractivity (Wildman–Crippen MR) is 130 cm³/mol. The van der Waals surface area contributed by atoms with Gasteiger partial charge in [0.05, 0.1) is 14.2 Å². The summed E-state index contributed by atoms with van der Waals surface area (Å²) >= 11 is 6.46. The van der Waals surface area contributed by atoms with E-state index >= 15 is 0 Å². The lowest BCUT2D eigenvalue weighted by Crippen LogP contribution is -2.36. The van der Waals surface area contributed by atoms with Crippen LogP contribution in [0.15, 0.2) is 67.0 Å². The van der Waals surface area contributed by atoms with Gasteiger partial charge in [0, 0.05) is 61.6 Å². The van der Waals surface area contributed by atoms with Crippen molar-refractivity contribution in [2.45, 2.75) is 5.41 Å². The topological polar surface area (TPSA) is 79.1 Å². The van der Waals surface area contributed by atoms with Gasteiger partial charge >= 0.3 is 0 Å². The Morgan fingerprint density at radius 3 is 1.88 bits per heavy atom. The maximum absolute atomic E-state index is 14.0. The molecule has 5 aromatic rings. The standard InChI is InChI=1S/C26H20ClN3O3/c1-32-15-4-7-22-17(10-15)20(12-28-22)26(19-9-14(27)3-6-24(19)30-25(26)31)21-13-29-23-8-5-16(33-2)11-18(21)23/h3-13,28-29H,1-2H3,(H,30,31). The third-order valence-corrected chi connectivity index (χ3v) is 6.80. The molecule has 1 aliphatic rings. The molecule has 0 saturated heterocycles. The predicted octanol–water partition coefficient (Wildman–Crippen LogP) is 5.61. The van der Waals surface area contributed by atoms with Crippen LogP contribution in [0.4, 0.5) is 5.69 Å². The highest BCUT2D eigenvalue weighted by Crippen LogP contribution is 2.52. The van der Waals surface area contributed by atoms with Gasteiger partial charge in [0.1, 0.15) is 16.9 Å². The van der Waals surface area contributed by atoms with Gasteiger partial charge in [0.15, 0.2) is 0 Å². The number of ether oxygens (including phenoxy) is 2. The molecule has 3 heterocycles. The Kier molecular flexibility index (Phi) is 4.22. The fourth-order valence-electron chi connectivity index (χ4n) is 5.03. The average Bonchev–Trinajstić information content (AvgIpc) is 3.52. The highest BCUT2D eigenvalue weighted by atomic mass is 35.5. The Bertz CT molecular complexity index is 1480. The number of halogens is 1. The van der Waals surface area contributed by atoms with E-state index in [0.717, 1.165) is 44.2 Å². The number of anilines is 1. The van der Waals surface area contributed by atoms with E-state index < -0.39 is 5.41 Å². The van der Waals surface area contributed by atoms with Crippen LogP contribution in [0, 0.1) is 0 Å². The van der Waals surface area contributed by atoms with Crippen molar-refractivity contribution in [3.63, 3.8) is 0 Å². The molecule has 6 nitrogen and oxygen atoms in total. The highest BCUT2D eigenvalue weighted by molar-refractivity contribution is 6.31. The highest BCUT2D eigenvalue weighted by Gasteiger charge is 2.52. The van der Waals surface area contributed by atoms with E-state index in [2.05, 4.69) is 15.3 Å². The first-order chi connectivity index (χ1) is 16.1. The number of H-pyrrole nitrogens is 2. The Morgan fingerprint density at radius 2 is 1.33 bits per heavy atom. The lowest BCUT2D eigenvalue weighted by molar-refractivity contribution is -0.118. The van der Waals surface area contributed by atoms with Crippen LogP contribution >= 0.6 is 11.6 Å². The van der Waals surface area contributed by atoms with Gasteiger partial charge in [-0.25, -0.2) is 0 Å². The van der Waals surface area contributed by atoms with Crippen molar-refractivity contribution in [1.82, 2.24) is 9.97 Å². The summed E-state index contributed by atoms with van der Waals surface area (Å²) in [7, 11) is 3.26. The second kappa shape index (κ2) is 7.05. The van der Waals surface area contributed by atoms with E-state index in [1.165, 1.54) is 0 Å². The van der Waals surface area contributed by atoms with Crippen LogP contribution < -0.4 is 14.8 Å². The lowest BCUT2D eigenvalue weighted by atomic mass is 9.70. The number of carbonyl (C=O) groups is 1. The molecule has 6 rings (SSSR count). The molecule has 3 N–H and O–H groups in total. The minimum Gasteiger partial charge on any atom is -0.497 e. The zero-order valence-corrected chi connectivity index (χ0v) is 18.7. The normalized spacial score (nSPS) is 14.5. The zero-order valence-electron chi connectivity index (χ0n) is 18.0. The Labute approximate surface area is 194 Å². The fourth-order valence-corrected chi connectivity index (χ4v) is 5.20. The van der Waals surface area contributed by atoms with Crippen molar-refractivity contribution >= 4 is 45.0 Å². The lowest BCUT2D eigenvalue weighted by Gasteiger charge is -2.28. The molecule has 0 radical (unpaired) electrons. The summed E-state index contributed by atoms with van der Waals surface area (Å²) in [5.41, 5.74) is 3.84. The van der Waals surface area contributed by atoms with Gasteiger partial charge < -0.3 is 24.8 Å². The van der Waals surface area contributed by atoms with Gasteiger partial charge in [0.25, 0.3) is 0 Å². The van der Waals surface area contributed by atoms with Crippen LogP contribution in [0.5, 0.6) is 11.5 Å². The molecule has 0 saturated carbocycles. The number of benzene rings is 3. The fraction of sp³-hybridized carbons (Fsp3) is 0.115. The van der Waals surface area contributed by atoms with Crippen molar-refractivity contribution in [3.05, 3.63) is 88.7 Å². The maximum atomic E-state index is 14.0. The third kappa shape index (κ3) is 2.64. The molecule has 0 aliphatic carbocycles. The summed E-state index contributed by atoms with van der Waals surface area (Å²) in [4.78, 5) is 20.7. The Hall–Kier alpha value is -3.90. The van der Waals surface area contributed by atoms with Crippen molar-refractivity contribution in [3.8, 4) is 11.5 Å². The number of hydrogen-bond acceptors (Lipinski definition) is 3. The summed E-state index contributed by atoms with van der Waals surface area (Å²) in [6.07, 6.45) is 3.80. The number of nitrogens with one attached hydrogen (secondary N) is 3. The second-order valence-electron chi connectivity index (χ2n) is 8.12. The first kappa shape index (κ1) is 19.8. The van der Waals surface area contributed by atoms with Gasteiger partial charge in [-0.1, -0.05) is 11.6 Å². The van der Waals surface area contributed by atoms with E-state index in [4.69, 9.17) is 21.1 Å². The summed E-state index contributed by atoms with van der Waals surface area (Å²) in [5, 5.41) is 5.45. The van der Waals surface area contributed by atoms with Gasteiger partial charge in [0.2, 0.25) is 5.91 Å².